The molecule has 2 N–H and O–H groups in total. The van der Waals surface area contributed by atoms with E-state index in [9.17, 15) is 0 Å². The van der Waals surface area contributed by atoms with E-state index in [1.807, 2.05) is 12.4 Å². The molecule has 2 rings (SSSR count). The molecule has 112 valence electrons. The summed E-state index contributed by atoms with van der Waals surface area (Å²) >= 11 is 0. The summed E-state index contributed by atoms with van der Waals surface area (Å²) in [5, 5.41) is 0. The Balaban J connectivity index is 1.96. The van der Waals surface area contributed by atoms with Crippen molar-refractivity contribution in [3.63, 3.8) is 0 Å². The van der Waals surface area contributed by atoms with Gasteiger partial charge in [0.05, 0.1) is 0 Å². The number of benzene rings is 1. The van der Waals surface area contributed by atoms with Crippen LogP contribution in [0.1, 0.15) is 36.6 Å². The molecule has 0 aliphatic heterocycles. The first-order valence-corrected chi connectivity index (χ1v) is 7.68. The number of nitrogens with zero attached hydrogens (tertiary/aromatic N) is 2. The smallest absolute Gasteiger partial charge is 0.0424 e. The van der Waals surface area contributed by atoms with Crippen LogP contribution in [0.15, 0.2) is 48.8 Å². The number of hydrogen-bond donors (Lipinski definition) is 1. The molecule has 1 unspecified atom stereocenters. The fourth-order valence-corrected chi connectivity index (χ4v) is 2.44. The van der Waals surface area contributed by atoms with Crippen LogP contribution in [0.3, 0.4) is 0 Å². The summed E-state index contributed by atoms with van der Waals surface area (Å²) in [5.74, 6) is 0. The van der Waals surface area contributed by atoms with Crippen LogP contribution in [0.5, 0.6) is 0 Å². The maximum atomic E-state index is 6.36. The minimum Gasteiger partial charge on any atom is -0.323 e. The number of nitrogens with two attached hydrogens (primary N) is 1. The van der Waals surface area contributed by atoms with Gasteiger partial charge in [-0.15, -0.1) is 0 Å². The molecule has 1 aromatic carbocycles. The largest absolute Gasteiger partial charge is 0.323 e. The molecule has 2 aromatic rings. The molecular formula is C18H25N3. The van der Waals surface area contributed by atoms with Gasteiger partial charge in [-0.3, -0.25) is 9.88 Å². The number of aryl methyl sites for hydroxylation is 1. The van der Waals surface area contributed by atoms with E-state index >= 15 is 0 Å². The van der Waals surface area contributed by atoms with Crippen molar-refractivity contribution in [2.24, 2.45) is 5.73 Å². The van der Waals surface area contributed by atoms with E-state index < -0.39 is 0 Å². The van der Waals surface area contributed by atoms with Gasteiger partial charge in [0.1, 0.15) is 0 Å². The van der Waals surface area contributed by atoms with Crippen LogP contribution >= 0.6 is 0 Å². The van der Waals surface area contributed by atoms with Crippen LogP contribution in [0.25, 0.3) is 0 Å². The van der Waals surface area contributed by atoms with Crippen molar-refractivity contribution < 1.29 is 0 Å². The predicted octanol–water partition coefficient (Wildman–Crippen LogP) is 3.17. The van der Waals surface area contributed by atoms with Gasteiger partial charge in [-0.2, -0.15) is 0 Å². The Kier molecular flexibility index (Phi) is 5.90. The lowest BCUT2D eigenvalue weighted by Crippen LogP contribution is -2.31. The lowest BCUT2D eigenvalue weighted by molar-refractivity contribution is 0.262. The standard InChI is InChI=1S/C18H25N3/c1-3-15-5-7-17(8-6-15)18(19)14-21(4-2)13-16-9-11-20-12-10-16/h5-12,18H,3-4,13-14,19H2,1-2H3. The van der Waals surface area contributed by atoms with Crippen LogP contribution in [0.2, 0.25) is 0 Å². The van der Waals surface area contributed by atoms with Gasteiger partial charge in [0.15, 0.2) is 0 Å². The van der Waals surface area contributed by atoms with E-state index in [-0.39, 0.29) is 6.04 Å². The number of rotatable bonds is 7. The summed E-state index contributed by atoms with van der Waals surface area (Å²) in [6.45, 7) is 7.11. The molecule has 3 heteroatoms. The minimum atomic E-state index is 0.0534. The van der Waals surface area contributed by atoms with Crippen LogP contribution in [0.4, 0.5) is 0 Å². The summed E-state index contributed by atoms with van der Waals surface area (Å²) in [4.78, 5) is 6.43. The molecule has 0 fully saturated rings. The highest BCUT2D eigenvalue weighted by atomic mass is 15.1. The highest BCUT2D eigenvalue weighted by Gasteiger charge is 2.11. The van der Waals surface area contributed by atoms with Gasteiger partial charge in [0.2, 0.25) is 0 Å². The van der Waals surface area contributed by atoms with E-state index in [0.717, 1.165) is 26.1 Å². The Bertz CT molecular complexity index is 522. The van der Waals surface area contributed by atoms with Crippen molar-refractivity contribution in [2.45, 2.75) is 32.9 Å². The fourth-order valence-electron chi connectivity index (χ4n) is 2.44. The maximum Gasteiger partial charge on any atom is 0.0424 e. The van der Waals surface area contributed by atoms with Crippen molar-refractivity contribution in [1.29, 1.82) is 0 Å². The molecule has 0 radical (unpaired) electrons. The summed E-state index contributed by atoms with van der Waals surface area (Å²) in [6.07, 6.45) is 4.75. The molecule has 0 bridgehead atoms. The molecule has 0 saturated heterocycles. The zero-order chi connectivity index (χ0) is 15.1. The van der Waals surface area contributed by atoms with Crippen molar-refractivity contribution in [3.05, 3.63) is 65.5 Å². The zero-order valence-corrected chi connectivity index (χ0v) is 13.0. The van der Waals surface area contributed by atoms with Crippen LogP contribution < -0.4 is 5.73 Å². The molecule has 21 heavy (non-hydrogen) atoms. The molecule has 0 spiro atoms. The Labute approximate surface area is 127 Å². The van der Waals surface area contributed by atoms with Gasteiger partial charge in [-0.1, -0.05) is 38.1 Å². The molecule has 1 atom stereocenters. The molecule has 0 aliphatic rings. The summed E-state index contributed by atoms with van der Waals surface area (Å²) in [5.41, 5.74) is 10.2. The number of pyridine rings is 1. The Hall–Kier alpha value is -1.71. The third-order valence-electron chi connectivity index (χ3n) is 3.87. The molecule has 1 heterocycles. The number of hydrogen-bond acceptors (Lipinski definition) is 3. The van der Waals surface area contributed by atoms with E-state index in [1.54, 1.807) is 0 Å². The Morgan fingerprint density at radius 1 is 1.00 bits per heavy atom. The van der Waals surface area contributed by atoms with Gasteiger partial charge in [-0.25, -0.2) is 0 Å². The number of aromatic nitrogens is 1. The summed E-state index contributed by atoms with van der Waals surface area (Å²) in [6, 6.07) is 12.8. The van der Waals surface area contributed by atoms with Crippen LogP contribution in [-0.2, 0) is 13.0 Å². The first-order valence-electron chi connectivity index (χ1n) is 7.68. The molecule has 0 amide bonds. The first-order chi connectivity index (χ1) is 10.2. The Morgan fingerprint density at radius 2 is 1.67 bits per heavy atom. The van der Waals surface area contributed by atoms with Crippen molar-refractivity contribution in [1.82, 2.24) is 9.88 Å². The first kappa shape index (κ1) is 15.7. The average Bonchev–Trinajstić information content (AvgIpc) is 2.55. The lowest BCUT2D eigenvalue weighted by Gasteiger charge is -2.24. The quantitative estimate of drug-likeness (QED) is 0.848. The average molecular weight is 283 g/mol. The van der Waals surface area contributed by atoms with Crippen LogP contribution in [0, 0.1) is 0 Å². The second-order valence-corrected chi connectivity index (χ2v) is 5.38. The van der Waals surface area contributed by atoms with Gasteiger partial charge < -0.3 is 5.73 Å². The highest BCUT2D eigenvalue weighted by Crippen LogP contribution is 2.15. The van der Waals surface area contributed by atoms with Crippen molar-refractivity contribution >= 4 is 0 Å². The van der Waals surface area contributed by atoms with Gasteiger partial charge in [-0.05, 0) is 41.8 Å². The van der Waals surface area contributed by atoms with Crippen LogP contribution in [-0.4, -0.2) is 23.0 Å². The van der Waals surface area contributed by atoms with Gasteiger partial charge >= 0.3 is 0 Å². The molecule has 0 saturated carbocycles. The third kappa shape index (κ3) is 4.66. The van der Waals surface area contributed by atoms with E-state index in [0.29, 0.717) is 0 Å². The normalized spacial score (nSPS) is 12.6. The highest BCUT2D eigenvalue weighted by molar-refractivity contribution is 5.25. The second-order valence-electron chi connectivity index (χ2n) is 5.38. The van der Waals surface area contributed by atoms with E-state index in [4.69, 9.17) is 5.73 Å². The molecular weight excluding hydrogens is 258 g/mol. The molecule has 1 aromatic heterocycles. The lowest BCUT2D eigenvalue weighted by atomic mass is 10.0. The monoisotopic (exact) mass is 283 g/mol. The third-order valence-corrected chi connectivity index (χ3v) is 3.87. The second kappa shape index (κ2) is 7.91. The SMILES string of the molecule is CCc1ccc(C(N)CN(CC)Cc2ccncc2)cc1. The summed E-state index contributed by atoms with van der Waals surface area (Å²) in [7, 11) is 0. The predicted molar refractivity (Wildman–Crippen MR) is 87.9 cm³/mol. The maximum absolute atomic E-state index is 6.36. The van der Waals surface area contributed by atoms with E-state index in [1.165, 1.54) is 16.7 Å². The topological polar surface area (TPSA) is 42.1 Å². The van der Waals surface area contributed by atoms with Gasteiger partial charge in [0, 0.05) is 31.5 Å². The number of likely N-dealkylation sites (N-methyl/N-ethyl adjacent to an activating group) is 1. The molecule has 0 aliphatic carbocycles. The zero-order valence-electron chi connectivity index (χ0n) is 13.0. The summed E-state index contributed by atoms with van der Waals surface area (Å²) < 4.78 is 0. The van der Waals surface area contributed by atoms with Crippen molar-refractivity contribution in [2.75, 3.05) is 13.1 Å². The Morgan fingerprint density at radius 3 is 2.24 bits per heavy atom. The van der Waals surface area contributed by atoms with Crippen molar-refractivity contribution in [3.8, 4) is 0 Å². The van der Waals surface area contributed by atoms with E-state index in [2.05, 4.69) is 60.1 Å². The molecule has 3 nitrogen and oxygen atoms in total. The fraction of sp³-hybridized carbons (Fsp3) is 0.389. The van der Waals surface area contributed by atoms with Gasteiger partial charge in [0.25, 0.3) is 0 Å². The minimum absolute atomic E-state index is 0.0534.